The van der Waals surface area contributed by atoms with Crippen molar-refractivity contribution in [2.75, 3.05) is 25.0 Å². The molecule has 5 rings (SSSR count). The van der Waals surface area contributed by atoms with Crippen LogP contribution in [-0.2, 0) is 6.42 Å². The molecular formula is C23H24ClFN4O. The highest BCUT2D eigenvalue weighted by molar-refractivity contribution is 6.30. The van der Waals surface area contributed by atoms with E-state index in [2.05, 4.69) is 47.6 Å². The third-order valence-electron chi connectivity index (χ3n) is 6.25. The molecule has 1 unspecified atom stereocenters. The molecule has 30 heavy (non-hydrogen) atoms. The molecule has 2 aliphatic rings. The molecule has 1 fully saturated rings. The molecule has 156 valence electrons. The predicted octanol–water partition coefficient (Wildman–Crippen LogP) is 5.05. The quantitative estimate of drug-likeness (QED) is 0.634. The number of ether oxygens (including phenoxy) is 1. The Kier molecular flexibility index (Phi) is 4.91. The number of anilines is 1. The van der Waals surface area contributed by atoms with Gasteiger partial charge in [-0.25, -0.2) is 4.39 Å². The molecule has 1 atom stereocenters. The minimum absolute atomic E-state index is 0.0508. The highest BCUT2D eigenvalue weighted by Crippen LogP contribution is 2.44. The van der Waals surface area contributed by atoms with Crippen LogP contribution in [0, 0.1) is 5.82 Å². The fraction of sp³-hybridized carbons (Fsp3) is 0.348. The number of hydrogen-bond donors (Lipinski definition) is 1. The zero-order chi connectivity index (χ0) is 20.8. The molecule has 1 N–H and O–H groups in total. The van der Waals surface area contributed by atoms with Gasteiger partial charge in [0.2, 0.25) is 0 Å². The van der Waals surface area contributed by atoms with Crippen LogP contribution in [0.15, 0.2) is 42.7 Å². The van der Waals surface area contributed by atoms with Gasteiger partial charge < -0.3 is 15.0 Å². The van der Waals surface area contributed by atoms with Gasteiger partial charge >= 0.3 is 0 Å². The summed E-state index contributed by atoms with van der Waals surface area (Å²) in [5.74, 6) is 0.858. The van der Waals surface area contributed by atoms with E-state index in [4.69, 9.17) is 16.3 Å². The molecule has 2 aliphatic heterocycles. The molecule has 0 spiro atoms. The Balaban J connectivity index is 1.60. The lowest BCUT2D eigenvalue weighted by Crippen LogP contribution is -2.43. The van der Waals surface area contributed by atoms with E-state index < -0.39 is 5.82 Å². The van der Waals surface area contributed by atoms with Gasteiger partial charge in [0.25, 0.3) is 0 Å². The van der Waals surface area contributed by atoms with Gasteiger partial charge in [-0.15, -0.1) is 0 Å². The number of benzene rings is 2. The minimum atomic E-state index is -0.455. The van der Waals surface area contributed by atoms with Crippen LogP contribution >= 0.6 is 11.6 Å². The molecule has 3 heterocycles. The van der Waals surface area contributed by atoms with Crippen molar-refractivity contribution in [1.29, 1.82) is 0 Å². The molecule has 3 aromatic rings. The van der Waals surface area contributed by atoms with Crippen LogP contribution in [0.2, 0.25) is 5.02 Å². The first kappa shape index (κ1) is 19.4. The van der Waals surface area contributed by atoms with E-state index in [-0.39, 0.29) is 5.02 Å². The molecule has 5 nitrogen and oxygen atoms in total. The van der Waals surface area contributed by atoms with Crippen LogP contribution < -0.4 is 15.0 Å². The van der Waals surface area contributed by atoms with E-state index >= 15 is 0 Å². The minimum Gasteiger partial charge on any atom is -0.456 e. The molecule has 0 aliphatic carbocycles. The Bertz CT molecular complexity index is 1090. The van der Waals surface area contributed by atoms with Crippen LogP contribution in [0.1, 0.15) is 24.9 Å². The molecule has 1 saturated heterocycles. The van der Waals surface area contributed by atoms with Gasteiger partial charge in [-0.3, -0.25) is 4.68 Å². The fourth-order valence-electron chi connectivity index (χ4n) is 4.11. The summed E-state index contributed by atoms with van der Waals surface area (Å²) in [6.45, 7) is 4.10. The highest BCUT2D eigenvalue weighted by Gasteiger charge is 2.27. The number of halogens is 2. The molecule has 0 saturated carbocycles. The first-order chi connectivity index (χ1) is 14.5. The Labute approximate surface area is 180 Å². The number of nitrogens with one attached hydrogen (secondary N) is 1. The summed E-state index contributed by atoms with van der Waals surface area (Å²) >= 11 is 6.00. The predicted molar refractivity (Wildman–Crippen MR) is 117 cm³/mol. The van der Waals surface area contributed by atoms with Gasteiger partial charge in [0.1, 0.15) is 17.3 Å². The summed E-state index contributed by atoms with van der Waals surface area (Å²) in [5.41, 5.74) is 4.31. The van der Waals surface area contributed by atoms with Gasteiger partial charge in [-0.05, 0) is 44.0 Å². The summed E-state index contributed by atoms with van der Waals surface area (Å²) < 4.78 is 22.0. The molecule has 0 radical (unpaired) electrons. The van der Waals surface area contributed by atoms with E-state index in [1.54, 1.807) is 6.07 Å². The van der Waals surface area contributed by atoms with E-state index in [9.17, 15) is 4.39 Å². The Morgan fingerprint density at radius 1 is 1.23 bits per heavy atom. The number of fused-ring (bicyclic) bond motifs is 1. The van der Waals surface area contributed by atoms with Crippen LogP contribution in [-0.4, -0.2) is 36.0 Å². The van der Waals surface area contributed by atoms with E-state index in [0.717, 1.165) is 54.1 Å². The van der Waals surface area contributed by atoms with Crippen LogP contribution in [0.25, 0.3) is 11.1 Å². The van der Waals surface area contributed by atoms with Crippen LogP contribution in [0.3, 0.4) is 0 Å². The van der Waals surface area contributed by atoms with Gasteiger partial charge in [-0.1, -0.05) is 11.6 Å². The van der Waals surface area contributed by atoms with Gasteiger partial charge in [0.05, 0.1) is 17.3 Å². The van der Waals surface area contributed by atoms with Crippen molar-refractivity contribution < 1.29 is 9.13 Å². The maximum absolute atomic E-state index is 13.7. The molecule has 7 heteroatoms. The zero-order valence-corrected chi connectivity index (χ0v) is 17.8. The topological polar surface area (TPSA) is 42.3 Å². The first-order valence-electron chi connectivity index (χ1n) is 10.3. The molecule has 2 aromatic carbocycles. The molecule has 0 bridgehead atoms. The zero-order valence-electron chi connectivity index (χ0n) is 17.0. The van der Waals surface area contributed by atoms with Crippen molar-refractivity contribution in [2.45, 2.75) is 31.8 Å². The average molecular weight is 427 g/mol. The van der Waals surface area contributed by atoms with E-state index in [1.165, 1.54) is 12.1 Å². The summed E-state index contributed by atoms with van der Waals surface area (Å²) in [6.07, 6.45) is 5.92. The monoisotopic (exact) mass is 426 g/mol. The second-order valence-electron chi connectivity index (χ2n) is 8.14. The lowest BCUT2D eigenvalue weighted by molar-refractivity contribution is 0.318. The van der Waals surface area contributed by atoms with Gasteiger partial charge in [-0.2, -0.15) is 5.10 Å². The van der Waals surface area contributed by atoms with Crippen molar-refractivity contribution in [2.24, 2.45) is 0 Å². The second kappa shape index (κ2) is 7.60. The molecular weight excluding hydrogens is 403 g/mol. The smallest absolute Gasteiger partial charge is 0.142 e. The first-order valence-corrected chi connectivity index (χ1v) is 10.7. The summed E-state index contributed by atoms with van der Waals surface area (Å²) in [4.78, 5) is 2.29. The van der Waals surface area contributed by atoms with Crippen molar-refractivity contribution in [3.05, 3.63) is 59.1 Å². The van der Waals surface area contributed by atoms with E-state index in [1.807, 2.05) is 10.9 Å². The molecule has 1 aromatic heterocycles. The number of hydrogen-bond acceptors (Lipinski definition) is 4. The highest BCUT2D eigenvalue weighted by atomic mass is 35.5. The summed E-state index contributed by atoms with van der Waals surface area (Å²) in [7, 11) is 2.11. The maximum Gasteiger partial charge on any atom is 0.142 e. The van der Waals surface area contributed by atoms with E-state index in [0.29, 0.717) is 17.8 Å². The summed E-state index contributed by atoms with van der Waals surface area (Å²) in [6, 6.07) is 9.58. The number of nitrogens with zero attached hydrogens (tertiary/aromatic N) is 3. The third-order valence-corrected chi connectivity index (χ3v) is 6.54. The molecule has 0 amide bonds. The SMILES string of the molecule is CC1CCc2c(ccc(-c3cnn(C4CNC4)c3)c2Oc2ccc(F)c(Cl)c2)N1C. The second-order valence-corrected chi connectivity index (χ2v) is 8.54. The maximum atomic E-state index is 13.7. The average Bonchev–Trinajstić information content (AvgIpc) is 3.15. The van der Waals surface area contributed by atoms with Crippen LogP contribution in [0.5, 0.6) is 11.5 Å². The Hall–Kier alpha value is -2.57. The lowest BCUT2D eigenvalue weighted by atomic mass is 9.93. The largest absolute Gasteiger partial charge is 0.456 e. The Morgan fingerprint density at radius 2 is 2.07 bits per heavy atom. The van der Waals surface area contributed by atoms with Crippen molar-refractivity contribution in [3.63, 3.8) is 0 Å². The van der Waals surface area contributed by atoms with Crippen molar-refractivity contribution in [3.8, 4) is 22.6 Å². The van der Waals surface area contributed by atoms with Crippen LogP contribution in [0.4, 0.5) is 10.1 Å². The normalized spacial score (nSPS) is 18.8. The number of rotatable bonds is 4. The van der Waals surface area contributed by atoms with Gasteiger partial charge in [0.15, 0.2) is 0 Å². The summed E-state index contributed by atoms with van der Waals surface area (Å²) in [5, 5.41) is 7.90. The van der Waals surface area contributed by atoms with Crippen molar-refractivity contribution in [1.82, 2.24) is 15.1 Å². The lowest BCUT2D eigenvalue weighted by Gasteiger charge is -2.35. The van der Waals surface area contributed by atoms with Crippen molar-refractivity contribution >= 4 is 17.3 Å². The number of aromatic nitrogens is 2. The van der Waals surface area contributed by atoms with Gasteiger partial charge in [0, 0.05) is 60.8 Å². The third kappa shape index (κ3) is 3.34. The standard InChI is InChI=1S/C23H24ClFN4O/c1-14-3-5-19-22(28(14)2)8-6-18(15-10-27-29(13-15)16-11-26-12-16)23(19)30-17-4-7-21(25)20(24)9-17/h4,6-10,13-14,16,26H,3,5,11-12H2,1-2H3. The Morgan fingerprint density at radius 3 is 2.80 bits per heavy atom. The fourth-order valence-corrected chi connectivity index (χ4v) is 4.28.